The van der Waals surface area contributed by atoms with Gasteiger partial charge in [-0.25, -0.2) is 8.42 Å². The van der Waals surface area contributed by atoms with E-state index >= 15 is 0 Å². The van der Waals surface area contributed by atoms with Gasteiger partial charge in [-0.3, -0.25) is 4.79 Å². The minimum absolute atomic E-state index is 0.120. The fourth-order valence-electron chi connectivity index (χ4n) is 3.90. The Hall–Kier alpha value is -2.18. The zero-order valence-electron chi connectivity index (χ0n) is 18.1. The second-order valence-corrected chi connectivity index (χ2v) is 10.0. The summed E-state index contributed by atoms with van der Waals surface area (Å²) >= 11 is 0. The molecule has 6 heteroatoms. The Morgan fingerprint density at radius 1 is 1.00 bits per heavy atom. The van der Waals surface area contributed by atoms with Crippen LogP contribution in [0.2, 0.25) is 0 Å². The van der Waals surface area contributed by atoms with Gasteiger partial charge in [0.1, 0.15) is 0 Å². The number of carbonyl (C=O) groups is 1. The van der Waals surface area contributed by atoms with Gasteiger partial charge >= 0.3 is 0 Å². The number of carbonyl (C=O) groups excluding carboxylic acids is 1. The van der Waals surface area contributed by atoms with E-state index in [2.05, 4.69) is 5.32 Å². The number of sulfonamides is 1. The third kappa shape index (κ3) is 5.10. The van der Waals surface area contributed by atoms with Crippen LogP contribution in [-0.2, 0) is 10.0 Å². The Labute approximate surface area is 180 Å². The molecular formula is C24H32N2O3S. The lowest BCUT2D eigenvalue weighted by Gasteiger charge is -2.22. The van der Waals surface area contributed by atoms with Crippen molar-refractivity contribution in [2.45, 2.75) is 63.8 Å². The van der Waals surface area contributed by atoms with Crippen molar-refractivity contribution in [1.29, 1.82) is 0 Å². The van der Waals surface area contributed by atoms with Gasteiger partial charge in [0, 0.05) is 18.7 Å². The summed E-state index contributed by atoms with van der Waals surface area (Å²) in [7, 11) is -3.61. The normalized spacial score (nSPS) is 16.6. The highest BCUT2D eigenvalue weighted by atomic mass is 32.2. The number of nitrogens with one attached hydrogen (secondary N) is 1. The number of hydrogen-bond acceptors (Lipinski definition) is 3. The number of hydrogen-bond donors (Lipinski definition) is 1. The molecule has 0 unspecified atom stereocenters. The van der Waals surface area contributed by atoms with Crippen LogP contribution < -0.4 is 5.32 Å². The lowest BCUT2D eigenvalue weighted by atomic mass is 10.0. The molecule has 5 nitrogen and oxygen atoms in total. The van der Waals surface area contributed by atoms with Crippen LogP contribution in [0.3, 0.4) is 0 Å². The SMILES string of the molecule is CC[C@H](NC(=O)c1ccc(C)c(S(=O)(=O)N2CCCCCC2)c1)c1ccc(C)cc1. The van der Waals surface area contributed by atoms with Crippen LogP contribution in [0.5, 0.6) is 0 Å². The fraction of sp³-hybridized carbons (Fsp3) is 0.458. The quantitative estimate of drug-likeness (QED) is 0.722. The predicted molar refractivity (Wildman–Crippen MR) is 120 cm³/mol. The Morgan fingerprint density at radius 2 is 1.63 bits per heavy atom. The molecular weight excluding hydrogens is 396 g/mol. The molecule has 0 saturated carbocycles. The van der Waals surface area contributed by atoms with Crippen LogP contribution in [0.4, 0.5) is 0 Å². The van der Waals surface area contributed by atoms with Crippen molar-refractivity contribution in [3.05, 3.63) is 64.7 Å². The Morgan fingerprint density at radius 3 is 2.23 bits per heavy atom. The number of rotatable bonds is 6. The highest BCUT2D eigenvalue weighted by molar-refractivity contribution is 7.89. The van der Waals surface area contributed by atoms with Gasteiger partial charge in [-0.15, -0.1) is 0 Å². The molecule has 3 rings (SSSR count). The molecule has 162 valence electrons. The zero-order chi connectivity index (χ0) is 21.7. The Balaban J connectivity index is 1.84. The first-order valence-corrected chi connectivity index (χ1v) is 12.2. The first-order chi connectivity index (χ1) is 14.3. The van der Waals surface area contributed by atoms with Gasteiger partial charge in [0.15, 0.2) is 0 Å². The van der Waals surface area contributed by atoms with Crippen LogP contribution in [0, 0.1) is 13.8 Å². The lowest BCUT2D eigenvalue weighted by molar-refractivity contribution is 0.0935. The van der Waals surface area contributed by atoms with Crippen molar-refractivity contribution in [3.63, 3.8) is 0 Å². The van der Waals surface area contributed by atoms with E-state index in [0.29, 0.717) is 24.2 Å². The standard InChI is InChI=1S/C24H32N2O3S/c1-4-22(20-12-9-18(2)10-13-20)25-24(27)21-14-11-19(3)23(17-21)30(28,29)26-15-7-5-6-8-16-26/h9-14,17,22H,4-8,15-16H2,1-3H3,(H,25,27)/t22-/m0/s1. The second-order valence-electron chi connectivity index (χ2n) is 8.14. The van der Waals surface area contributed by atoms with Crippen LogP contribution in [-0.4, -0.2) is 31.7 Å². The summed E-state index contributed by atoms with van der Waals surface area (Å²) < 4.78 is 28.1. The van der Waals surface area contributed by atoms with Crippen molar-refractivity contribution in [2.24, 2.45) is 0 Å². The van der Waals surface area contributed by atoms with Crippen molar-refractivity contribution >= 4 is 15.9 Å². The van der Waals surface area contributed by atoms with E-state index < -0.39 is 10.0 Å². The maximum atomic E-state index is 13.3. The number of benzene rings is 2. The molecule has 0 aromatic heterocycles. The van der Waals surface area contributed by atoms with E-state index in [9.17, 15) is 13.2 Å². The Bertz CT molecular complexity index is 976. The molecule has 1 aliphatic heterocycles. The van der Waals surface area contributed by atoms with Gasteiger partial charge in [-0.05, 0) is 56.4 Å². The average Bonchev–Trinajstić information content (AvgIpc) is 3.03. The monoisotopic (exact) mass is 428 g/mol. The molecule has 2 aromatic carbocycles. The summed E-state index contributed by atoms with van der Waals surface area (Å²) in [6.45, 7) is 6.93. The average molecular weight is 429 g/mol. The van der Waals surface area contributed by atoms with Gasteiger partial charge in [0.25, 0.3) is 5.91 Å². The van der Waals surface area contributed by atoms with Gasteiger partial charge in [-0.2, -0.15) is 4.31 Å². The van der Waals surface area contributed by atoms with E-state index in [1.807, 2.05) is 38.1 Å². The van der Waals surface area contributed by atoms with Gasteiger partial charge < -0.3 is 5.32 Å². The molecule has 1 N–H and O–H groups in total. The minimum Gasteiger partial charge on any atom is -0.345 e. The van der Waals surface area contributed by atoms with Crippen molar-refractivity contribution in [3.8, 4) is 0 Å². The van der Waals surface area contributed by atoms with Crippen LogP contribution in [0.25, 0.3) is 0 Å². The molecule has 1 heterocycles. The summed E-state index contributed by atoms with van der Waals surface area (Å²) in [5, 5.41) is 3.06. The number of nitrogens with zero attached hydrogens (tertiary/aromatic N) is 1. The summed E-state index contributed by atoms with van der Waals surface area (Å²) in [5.41, 5.74) is 3.25. The number of aryl methyl sites for hydroxylation is 2. The van der Waals surface area contributed by atoms with E-state index in [4.69, 9.17) is 0 Å². The molecule has 1 saturated heterocycles. The first kappa shape index (κ1) is 22.5. The summed E-state index contributed by atoms with van der Waals surface area (Å²) in [6, 6.07) is 12.9. The van der Waals surface area contributed by atoms with E-state index in [-0.39, 0.29) is 16.8 Å². The topological polar surface area (TPSA) is 66.5 Å². The second kappa shape index (κ2) is 9.75. The molecule has 1 atom stereocenters. The molecule has 1 amide bonds. The van der Waals surface area contributed by atoms with E-state index in [1.54, 1.807) is 23.4 Å². The maximum Gasteiger partial charge on any atom is 0.251 e. The van der Waals surface area contributed by atoms with Crippen molar-refractivity contribution in [2.75, 3.05) is 13.1 Å². The van der Waals surface area contributed by atoms with Crippen LogP contribution >= 0.6 is 0 Å². The third-order valence-electron chi connectivity index (χ3n) is 5.83. The fourth-order valence-corrected chi connectivity index (χ4v) is 5.67. The maximum absolute atomic E-state index is 13.3. The lowest BCUT2D eigenvalue weighted by Crippen LogP contribution is -2.33. The van der Waals surface area contributed by atoms with Gasteiger partial charge in [-0.1, -0.05) is 55.7 Å². The van der Waals surface area contributed by atoms with Crippen LogP contribution in [0.15, 0.2) is 47.4 Å². The third-order valence-corrected chi connectivity index (χ3v) is 7.87. The van der Waals surface area contributed by atoms with E-state index in [1.165, 1.54) is 11.6 Å². The summed E-state index contributed by atoms with van der Waals surface area (Å²) in [6.07, 6.45) is 4.63. The van der Waals surface area contributed by atoms with Gasteiger partial charge in [0.05, 0.1) is 10.9 Å². The number of amides is 1. The highest BCUT2D eigenvalue weighted by Crippen LogP contribution is 2.25. The first-order valence-electron chi connectivity index (χ1n) is 10.8. The molecule has 0 spiro atoms. The van der Waals surface area contributed by atoms with E-state index in [0.717, 1.165) is 37.7 Å². The largest absolute Gasteiger partial charge is 0.345 e. The molecule has 0 aliphatic carbocycles. The summed E-state index contributed by atoms with van der Waals surface area (Å²) in [4.78, 5) is 13.2. The zero-order valence-corrected chi connectivity index (χ0v) is 19.0. The van der Waals surface area contributed by atoms with Crippen molar-refractivity contribution in [1.82, 2.24) is 9.62 Å². The molecule has 1 aliphatic rings. The molecule has 1 fully saturated rings. The predicted octanol–water partition coefficient (Wildman–Crippen LogP) is 4.75. The molecule has 2 aromatic rings. The molecule has 0 radical (unpaired) electrons. The smallest absolute Gasteiger partial charge is 0.251 e. The van der Waals surface area contributed by atoms with Crippen LogP contribution in [0.1, 0.15) is 72.1 Å². The minimum atomic E-state index is -3.61. The molecule has 30 heavy (non-hydrogen) atoms. The molecule has 0 bridgehead atoms. The van der Waals surface area contributed by atoms with Gasteiger partial charge in [0.2, 0.25) is 10.0 Å². The summed E-state index contributed by atoms with van der Waals surface area (Å²) in [5.74, 6) is -0.255. The van der Waals surface area contributed by atoms with Crippen molar-refractivity contribution < 1.29 is 13.2 Å². The highest BCUT2D eigenvalue weighted by Gasteiger charge is 2.27. The Kier molecular flexibility index (Phi) is 7.32.